The summed E-state index contributed by atoms with van der Waals surface area (Å²) in [5, 5.41) is 4.09. The lowest BCUT2D eigenvalue weighted by atomic mass is 10.0. The fourth-order valence-electron chi connectivity index (χ4n) is 4.62. The van der Waals surface area contributed by atoms with E-state index in [1.165, 1.54) is 31.5 Å². The van der Waals surface area contributed by atoms with Gasteiger partial charge in [0.1, 0.15) is 11.9 Å². The molecule has 1 aromatic carbocycles. The number of amides is 1. The predicted octanol–water partition coefficient (Wildman–Crippen LogP) is 3.89. The molecule has 0 unspecified atom stereocenters. The Morgan fingerprint density at radius 1 is 1.03 bits per heavy atom. The zero-order valence-electron chi connectivity index (χ0n) is 18.8. The van der Waals surface area contributed by atoms with Gasteiger partial charge in [0.25, 0.3) is 0 Å². The largest absolute Gasteiger partial charge is 0.490 e. The molecule has 0 atom stereocenters. The molecule has 5 nitrogen and oxygen atoms in total. The Kier molecular flexibility index (Phi) is 7.64. The van der Waals surface area contributed by atoms with Crippen molar-refractivity contribution < 1.29 is 9.53 Å². The summed E-state index contributed by atoms with van der Waals surface area (Å²) in [6.07, 6.45) is 5.01. The van der Waals surface area contributed by atoms with Crippen LogP contribution in [0.5, 0.6) is 5.75 Å². The first-order chi connectivity index (χ1) is 15.1. The Morgan fingerprint density at radius 3 is 2.39 bits per heavy atom. The van der Waals surface area contributed by atoms with Crippen molar-refractivity contribution in [2.24, 2.45) is 0 Å². The number of nitrogens with zero attached hydrogens (tertiary/aromatic N) is 3. The average Bonchev–Trinajstić information content (AvgIpc) is 3.29. The smallest absolute Gasteiger partial charge is 0.227 e. The summed E-state index contributed by atoms with van der Waals surface area (Å²) in [7, 11) is 4.45. The lowest BCUT2D eigenvalue weighted by molar-refractivity contribution is -0.132. The van der Waals surface area contributed by atoms with E-state index in [0.29, 0.717) is 12.5 Å². The van der Waals surface area contributed by atoms with Gasteiger partial charge < -0.3 is 14.5 Å². The van der Waals surface area contributed by atoms with Crippen LogP contribution in [0.25, 0.3) is 0 Å². The van der Waals surface area contributed by atoms with Gasteiger partial charge in [0, 0.05) is 38.5 Å². The van der Waals surface area contributed by atoms with Crippen molar-refractivity contribution in [3.63, 3.8) is 0 Å². The molecule has 2 aliphatic heterocycles. The van der Waals surface area contributed by atoms with E-state index in [4.69, 9.17) is 4.74 Å². The van der Waals surface area contributed by atoms with Crippen LogP contribution in [0.3, 0.4) is 0 Å². The van der Waals surface area contributed by atoms with Crippen molar-refractivity contribution >= 4 is 17.2 Å². The number of benzene rings is 1. The van der Waals surface area contributed by atoms with E-state index in [2.05, 4.69) is 53.5 Å². The molecule has 0 bridgehead atoms. The lowest BCUT2D eigenvalue weighted by Gasteiger charge is -2.35. The quantitative estimate of drug-likeness (QED) is 0.653. The van der Waals surface area contributed by atoms with E-state index >= 15 is 0 Å². The first-order valence-corrected chi connectivity index (χ1v) is 12.4. The second-order valence-electron chi connectivity index (χ2n) is 9.10. The predicted molar refractivity (Wildman–Crippen MR) is 127 cm³/mol. The summed E-state index contributed by atoms with van der Waals surface area (Å²) < 4.78 is 6.22. The van der Waals surface area contributed by atoms with Crippen LogP contribution in [-0.4, -0.2) is 73.0 Å². The van der Waals surface area contributed by atoms with Crippen molar-refractivity contribution in [1.82, 2.24) is 14.7 Å². The van der Waals surface area contributed by atoms with Crippen LogP contribution in [0, 0.1) is 0 Å². The molecule has 31 heavy (non-hydrogen) atoms. The summed E-state index contributed by atoms with van der Waals surface area (Å²) in [4.78, 5) is 19.4. The molecule has 168 valence electrons. The standard InChI is InChI=1S/C25H35N3O2S/c1-26-12-7-22(8-13-26)27(2)18-20-3-5-23(6-4-20)30-24-9-14-28(15-10-24)25(29)17-21-11-16-31-19-21/h3-6,11,16,19,22,24H,7-10,12-15,17-18H2,1-2H3. The first kappa shape index (κ1) is 22.3. The van der Waals surface area contributed by atoms with Crippen molar-refractivity contribution in [2.75, 3.05) is 40.3 Å². The van der Waals surface area contributed by atoms with E-state index in [1.54, 1.807) is 11.3 Å². The fraction of sp³-hybridized carbons (Fsp3) is 0.560. The van der Waals surface area contributed by atoms with Gasteiger partial charge >= 0.3 is 0 Å². The molecule has 2 aromatic rings. The summed E-state index contributed by atoms with van der Waals surface area (Å²) >= 11 is 1.65. The minimum Gasteiger partial charge on any atom is -0.490 e. The number of hydrogen-bond donors (Lipinski definition) is 0. The average molecular weight is 442 g/mol. The number of hydrogen-bond acceptors (Lipinski definition) is 5. The van der Waals surface area contributed by atoms with Gasteiger partial charge in [-0.1, -0.05) is 12.1 Å². The number of carbonyl (C=O) groups excluding carboxylic acids is 1. The van der Waals surface area contributed by atoms with Gasteiger partial charge in [-0.2, -0.15) is 11.3 Å². The number of carbonyl (C=O) groups is 1. The Bertz CT molecular complexity index is 808. The molecular weight excluding hydrogens is 406 g/mol. The van der Waals surface area contributed by atoms with Gasteiger partial charge in [-0.05, 0) is 80.1 Å². The molecule has 0 radical (unpaired) electrons. The number of rotatable bonds is 7. The normalized spacial score (nSPS) is 19.1. The summed E-state index contributed by atoms with van der Waals surface area (Å²) in [6.45, 7) is 4.94. The van der Waals surface area contributed by atoms with E-state index < -0.39 is 0 Å². The first-order valence-electron chi connectivity index (χ1n) is 11.5. The molecule has 2 saturated heterocycles. The second kappa shape index (κ2) is 10.6. The molecule has 1 aromatic heterocycles. The number of thiophene rings is 1. The Balaban J connectivity index is 1.20. The Morgan fingerprint density at radius 2 is 1.74 bits per heavy atom. The second-order valence-corrected chi connectivity index (χ2v) is 9.88. The molecule has 0 N–H and O–H groups in total. The molecule has 1 amide bonds. The van der Waals surface area contributed by atoms with Crippen LogP contribution >= 0.6 is 11.3 Å². The van der Waals surface area contributed by atoms with Crippen LogP contribution in [0.15, 0.2) is 41.1 Å². The maximum atomic E-state index is 12.5. The van der Waals surface area contributed by atoms with E-state index in [9.17, 15) is 4.79 Å². The highest BCUT2D eigenvalue weighted by atomic mass is 32.1. The SMILES string of the molecule is CN1CCC(N(C)Cc2ccc(OC3CCN(C(=O)Cc4ccsc4)CC3)cc2)CC1. The number of likely N-dealkylation sites (tertiary alicyclic amines) is 2. The summed E-state index contributed by atoms with van der Waals surface area (Å²) in [5.74, 6) is 1.17. The van der Waals surface area contributed by atoms with Gasteiger partial charge in [0.15, 0.2) is 0 Å². The third kappa shape index (κ3) is 6.31. The monoisotopic (exact) mass is 441 g/mol. The fourth-order valence-corrected chi connectivity index (χ4v) is 5.29. The van der Waals surface area contributed by atoms with Crippen LogP contribution in [0.1, 0.15) is 36.8 Å². The van der Waals surface area contributed by atoms with Gasteiger partial charge in [0.05, 0.1) is 6.42 Å². The molecule has 3 heterocycles. The number of ether oxygens (including phenoxy) is 1. The van der Waals surface area contributed by atoms with Crippen molar-refractivity contribution in [1.29, 1.82) is 0 Å². The highest BCUT2D eigenvalue weighted by Crippen LogP contribution is 2.22. The molecule has 2 fully saturated rings. The van der Waals surface area contributed by atoms with Crippen LogP contribution in [-0.2, 0) is 17.8 Å². The van der Waals surface area contributed by atoms with Gasteiger partial charge in [0.2, 0.25) is 5.91 Å². The highest BCUT2D eigenvalue weighted by molar-refractivity contribution is 7.08. The van der Waals surface area contributed by atoms with Crippen molar-refractivity contribution in [3.05, 3.63) is 52.2 Å². The lowest BCUT2D eigenvalue weighted by Crippen LogP contribution is -2.42. The molecular formula is C25H35N3O2S. The highest BCUT2D eigenvalue weighted by Gasteiger charge is 2.24. The van der Waals surface area contributed by atoms with E-state index in [1.807, 2.05) is 16.3 Å². The third-order valence-corrected chi connectivity index (χ3v) is 7.43. The summed E-state index contributed by atoms with van der Waals surface area (Å²) in [6, 6.07) is 11.3. The minimum absolute atomic E-state index is 0.193. The number of piperidine rings is 2. The minimum atomic E-state index is 0.193. The molecule has 0 aliphatic carbocycles. The molecule has 4 rings (SSSR count). The van der Waals surface area contributed by atoms with Crippen LogP contribution < -0.4 is 4.74 Å². The zero-order chi connectivity index (χ0) is 21.6. The van der Waals surface area contributed by atoms with Crippen molar-refractivity contribution in [2.45, 2.75) is 50.8 Å². The van der Waals surface area contributed by atoms with E-state index in [0.717, 1.165) is 43.8 Å². The van der Waals surface area contributed by atoms with Crippen molar-refractivity contribution in [3.8, 4) is 5.75 Å². The molecule has 0 saturated carbocycles. The van der Waals surface area contributed by atoms with Crippen LogP contribution in [0.2, 0.25) is 0 Å². The molecule has 2 aliphatic rings. The topological polar surface area (TPSA) is 36.0 Å². The third-order valence-electron chi connectivity index (χ3n) is 6.70. The van der Waals surface area contributed by atoms with E-state index in [-0.39, 0.29) is 12.0 Å². The Labute approximate surface area is 190 Å². The summed E-state index contributed by atoms with van der Waals surface area (Å²) in [5.41, 5.74) is 2.46. The maximum absolute atomic E-state index is 12.5. The Hall–Kier alpha value is -1.89. The molecule has 6 heteroatoms. The van der Waals surface area contributed by atoms with Gasteiger partial charge in [-0.15, -0.1) is 0 Å². The van der Waals surface area contributed by atoms with Gasteiger partial charge in [-0.25, -0.2) is 0 Å². The maximum Gasteiger partial charge on any atom is 0.227 e. The van der Waals surface area contributed by atoms with Gasteiger partial charge in [-0.3, -0.25) is 9.69 Å². The molecule has 0 spiro atoms. The zero-order valence-corrected chi connectivity index (χ0v) is 19.7. The van der Waals surface area contributed by atoms with Crippen LogP contribution in [0.4, 0.5) is 0 Å².